The van der Waals surface area contributed by atoms with Gasteiger partial charge in [0.25, 0.3) is 0 Å². The van der Waals surface area contributed by atoms with Crippen LogP contribution in [0.15, 0.2) is 54.6 Å². The molecule has 2 aromatic carbocycles. The first kappa shape index (κ1) is 17.5. The zero-order chi connectivity index (χ0) is 18.6. The lowest BCUT2D eigenvalue weighted by Crippen LogP contribution is -2.37. The van der Waals surface area contributed by atoms with Gasteiger partial charge in [-0.05, 0) is 43.3 Å². The second-order valence-corrected chi connectivity index (χ2v) is 6.23. The van der Waals surface area contributed by atoms with Crippen molar-refractivity contribution in [1.82, 2.24) is 0 Å². The Balaban J connectivity index is 1.66. The number of hydrogen-bond donors (Lipinski definition) is 2. The number of ether oxygens (including phenoxy) is 2. The molecule has 26 heavy (non-hydrogen) atoms. The molecule has 0 fully saturated rings. The maximum absolute atomic E-state index is 12.1. The maximum atomic E-state index is 12.1. The zero-order valence-corrected chi connectivity index (χ0v) is 14.6. The van der Waals surface area contributed by atoms with E-state index in [0.29, 0.717) is 17.1 Å². The molecular formula is C20H20N2O4. The minimum absolute atomic E-state index is 0.137. The Labute approximate surface area is 151 Å². The van der Waals surface area contributed by atoms with Gasteiger partial charge in [0, 0.05) is 23.9 Å². The Morgan fingerprint density at radius 1 is 1.08 bits per heavy atom. The number of benzene rings is 2. The maximum Gasteiger partial charge on any atom is 0.323 e. The van der Waals surface area contributed by atoms with E-state index in [1.807, 2.05) is 55.5 Å². The van der Waals surface area contributed by atoms with E-state index in [2.05, 4.69) is 10.6 Å². The highest BCUT2D eigenvalue weighted by Gasteiger charge is 2.29. The fraction of sp³-hybridized carbons (Fsp3) is 0.200. The monoisotopic (exact) mass is 352 g/mol. The summed E-state index contributed by atoms with van der Waals surface area (Å²) in [6, 6.07) is 14.2. The number of carbonyl (C=O) groups excluding carboxylic acids is 2. The first-order valence-corrected chi connectivity index (χ1v) is 8.22. The van der Waals surface area contributed by atoms with Gasteiger partial charge in [-0.3, -0.25) is 4.79 Å². The van der Waals surface area contributed by atoms with Crippen LogP contribution in [0.25, 0.3) is 6.08 Å². The van der Waals surface area contributed by atoms with E-state index in [1.54, 1.807) is 12.1 Å². The number of para-hydroxylation sites is 1. The van der Waals surface area contributed by atoms with Crippen LogP contribution in [0.4, 0.5) is 16.2 Å². The van der Waals surface area contributed by atoms with Crippen molar-refractivity contribution in [3.63, 3.8) is 0 Å². The lowest BCUT2D eigenvalue weighted by atomic mass is 10.0. The number of anilines is 2. The van der Waals surface area contributed by atoms with Crippen LogP contribution in [0.5, 0.6) is 5.75 Å². The molecule has 0 aromatic heterocycles. The van der Waals surface area contributed by atoms with E-state index in [-0.39, 0.29) is 18.6 Å². The minimum atomic E-state index is -0.710. The van der Waals surface area contributed by atoms with E-state index in [0.717, 1.165) is 5.56 Å². The number of amides is 2. The van der Waals surface area contributed by atoms with Crippen LogP contribution in [0.1, 0.15) is 19.4 Å². The van der Waals surface area contributed by atoms with Gasteiger partial charge in [-0.2, -0.15) is 0 Å². The van der Waals surface area contributed by atoms with Crippen molar-refractivity contribution in [3.05, 3.63) is 60.2 Å². The van der Waals surface area contributed by atoms with Crippen LogP contribution >= 0.6 is 0 Å². The number of hydrogen-bond acceptors (Lipinski definition) is 4. The number of urea groups is 1. The third-order valence-electron chi connectivity index (χ3n) is 3.82. The van der Waals surface area contributed by atoms with Crippen molar-refractivity contribution in [1.29, 1.82) is 0 Å². The second-order valence-electron chi connectivity index (χ2n) is 6.23. The summed E-state index contributed by atoms with van der Waals surface area (Å²) in [6.45, 7) is 3.34. The van der Waals surface area contributed by atoms with Gasteiger partial charge in [-0.15, -0.1) is 0 Å². The summed E-state index contributed by atoms with van der Waals surface area (Å²) in [5.41, 5.74) is 1.49. The summed E-state index contributed by atoms with van der Waals surface area (Å²) in [7, 11) is 0. The normalized spacial score (nSPS) is 17.6. The predicted octanol–water partition coefficient (Wildman–Crippen LogP) is 4.06. The molecule has 0 saturated heterocycles. The molecule has 0 aliphatic carbocycles. The highest BCUT2D eigenvalue weighted by molar-refractivity contribution is 6.00. The van der Waals surface area contributed by atoms with Gasteiger partial charge in [-0.1, -0.05) is 24.3 Å². The van der Waals surface area contributed by atoms with Gasteiger partial charge in [0.2, 0.25) is 0 Å². The first-order chi connectivity index (χ1) is 12.4. The number of fused-ring (bicyclic) bond motifs is 1. The van der Waals surface area contributed by atoms with Crippen LogP contribution in [-0.2, 0) is 9.53 Å². The molecule has 0 radical (unpaired) electrons. The molecule has 1 aliphatic heterocycles. The standard InChI is InChI=1S/C20H20N2O4/c1-14(23)25-13-20(2)11-10-15-12-17(8-9-18(15)26-20)22-19(24)21-16-6-4-3-5-7-16/h3-12H,13H2,1-2H3,(H2,21,22,24). The van der Waals surface area contributed by atoms with Gasteiger partial charge in [0.15, 0.2) is 5.60 Å². The Bertz CT molecular complexity index is 848. The fourth-order valence-electron chi connectivity index (χ4n) is 2.54. The molecule has 1 heterocycles. The van der Waals surface area contributed by atoms with Crippen LogP contribution in [-0.4, -0.2) is 24.2 Å². The lowest BCUT2D eigenvalue weighted by Gasteiger charge is -2.31. The topological polar surface area (TPSA) is 76.7 Å². The predicted molar refractivity (Wildman–Crippen MR) is 100 cm³/mol. The SMILES string of the molecule is CC(=O)OCC1(C)C=Cc2cc(NC(=O)Nc3ccccc3)ccc2O1. The Morgan fingerprint density at radius 3 is 2.54 bits per heavy atom. The third-order valence-corrected chi connectivity index (χ3v) is 3.82. The lowest BCUT2D eigenvalue weighted by molar-refractivity contribution is -0.145. The number of esters is 1. The average Bonchev–Trinajstić information content (AvgIpc) is 2.61. The molecule has 2 amide bonds. The summed E-state index contributed by atoms with van der Waals surface area (Å²) < 4.78 is 11.0. The summed E-state index contributed by atoms with van der Waals surface area (Å²) in [5, 5.41) is 5.56. The molecule has 2 N–H and O–H groups in total. The van der Waals surface area contributed by atoms with E-state index in [9.17, 15) is 9.59 Å². The average molecular weight is 352 g/mol. The second kappa shape index (κ2) is 7.31. The number of nitrogens with one attached hydrogen (secondary N) is 2. The van der Waals surface area contributed by atoms with Crippen LogP contribution in [0.3, 0.4) is 0 Å². The summed E-state index contributed by atoms with van der Waals surface area (Å²) in [4.78, 5) is 23.1. The highest BCUT2D eigenvalue weighted by atomic mass is 16.6. The molecule has 6 heteroatoms. The Morgan fingerprint density at radius 2 is 1.81 bits per heavy atom. The molecule has 1 unspecified atom stereocenters. The fourth-order valence-corrected chi connectivity index (χ4v) is 2.54. The molecule has 0 saturated carbocycles. The van der Waals surface area contributed by atoms with Gasteiger partial charge in [0.05, 0.1) is 0 Å². The number of carbonyl (C=O) groups is 2. The van der Waals surface area contributed by atoms with E-state index in [4.69, 9.17) is 9.47 Å². The van der Waals surface area contributed by atoms with Crippen molar-refractivity contribution in [3.8, 4) is 5.75 Å². The molecule has 6 nitrogen and oxygen atoms in total. The van der Waals surface area contributed by atoms with E-state index < -0.39 is 5.60 Å². The summed E-state index contributed by atoms with van der Waals surface area (Å²) >= 11 is 0. The van der Waals surface area contributed by atoms with Crippen LogP contribution < -0.4 is 15.4 Å². The molecule has 1 atom stereocenters. The summed E-state index contributed by atoms with van der Waals surface area (Å²) in [5.74, 6) is 0.314. The minimum Gasteiger partial charge on any atom is -0.479 e. The van der Waals surface area contributed by atoms with E-state index >= 15 is 0 Å². The van der Waals surface area contributed by atoms with Crippen molar-refractivity contribution in [2.24, 2.45) is 0 Å². The summed E-state index contributed by atoms with van der Waals surface area (Å²) in [6.07, 6.45) is 3.73. The van der Waals surface area contributed by atoms with Crippen molar-refractivity contribution < 1.29 is 19.1 Å². The van der Waals surface area contributed by atoms with Crippen molar-refractivity contribution in [2.75, 3.05) is 17.2 Å². The molecule has 0 spiro atoms. The Hall–Kier alpha value is -3.28. The molecule has 2 aromatic rings. The molecule has 134 valence electrons. The van der Waals surface area contributed by atoms with Gasteiger partial charge in [0.1, 0.15) is 12.4 Å². The zero-order valence-electron chi connectivity index (χ0n) is 14.6. The van der Waals surface area contributed by atoms with Gasteiger partial charge >= 0.3 is 12.0 Å². The molecule has 3 rings (SSSR count). The molecule has 1 aliphatic rings. The third kappa shape index (κ3) is 4.42. The quantitative estimate of drug-likeness (QED) is 0.814. The van der Waals surface area contributed by atoms with Gasteiger partial charge in [-0.25, -0.2) is 4.79 Å². The highest BCUT2D eigenvalue weighted by Crippen LogP contribution is 2.33. The first-order valence-electron chi connectivity index (χ1n) is 8.22. The largest absolute Gasteiger partial charge is 0.479 e. The van der Waals surface area contributed by atoms with Crippen LogP contribution in [0, 0.1) is 0 Å². The van der Waals surface area contributed by atoms with Crippen molar-refractivity contribution in [2.45, 2.75) is 19.4 Å². The van der Waals surface area contributed by atoms with E-state index in [1.165, 1.54) is 6.92 Å². The van der Waals surface area contributed by atoms with Crippen molar-refractivity contribution >= 4 is 29.5 Å². The van der Waals surface area contributed by atoms with Gasteiger partial charge < -0.3 is 20.1 Å². The smallest absolute Gasteiger partial charge is 0.323 e. The molecule has 0 bridgehead atoms. The Kier molecular flexibility index (Phi) is 4.93. The molecular weight excluding hydrogens is 332 g/mol. The van der Waals surface area contributed by atoms with Crippen LogP contribution in [0.2, 0.25) is 0 Å². The number of rotatable bonds is 4.